The lowest BCUT2D eigenvalue weighted by Gasteiger charge is -2.35. The van der Waals surface area contributed by atoms with E-state index in [0.717, 1.165) is 52.7 Å². The Labute approximate surface area is 162 Å². The highest BCUT2D eigenvalue weighted by atomic mass is 19.1. The van der Waals surface area contributed by atoms with Gasteiger partial charge >= 0.3 is 5.97 Å². The molecule has 152 valence electrons. The Morgan fingerprint density at radius 3 is 2.36 bits per heavy atom. The Bertz CT molecular complexity index is 931. The van der Waals surface area contributed by atoms with Crippen LogP contribution < -0.4 is 10.3 Å². The standard InChI is InChI=1S/C19H22FN3O3.CH4O/c1-2-21-5-7-22(8-6-21)17-10-16-13(9-15(17)20)18(24)14(19(25)26)11-23(16)12-3-4-12;1-2/h9-12H,2-8H2,1H3,(H,25,26);2H,1H3. The molecule has 1 aliphatic carbocycles. The number of rotatable bonds is 4. The quantitative estimate of drug-likeness (QED) is 0.828. The largest absolute Gasteiger partial charge is 0.477 e. The van der Waals surface area contributed by atoms with Crippen molar-refractivity contribution in [3.8, 4) is 0 Å². The van der Waals surface area contributed by atoms with Gasteiger partial charge in [0.05, 0.1) is 11.2 Å². The third-order valence-corrected chi connectivity index (χ3v) is 5.43. The summed E-state index contributed by atoms with van der Waals surface area (Å²) in [5, 5.41) is 16.5. The van der Waals surface area contributed by atoms with E-state index in [1.165, 1.54) is 12.3 Å². The summed E-state index contributed by atoms with van der Waals surface area (Å²) in [6, 6.07) is 3.12. The Balaban J connectivity index is 0.00000109. The number of carboxylic acids is 1. The fraction of sp³-hybridized carbons (Fsp3) is 0.500. The second kappa shape index (κ2) is 8.28. The minimum Gasteiger partial charge on any atom is -0.477 e. The van der Waals surface area contributed by atoms with Crippen LogP contribution in [0.25, 0.3) is 10.9 Å². The van der Waals surface area contributed by atoms with Crippen molar-refractivity contribution < 1.29 is 19.4 Å². The monoisotopic (exact) mass is 391 g/mol. The highest BCUT2D eigenvalue weighted by molar-refractivity contribution is 5.93. The molecule has 1 saturated carbocycles. The van der Waals surface area contributed by atoms with E-state index in [1.807, 2.05) is 9.47 Å². The molecule has 1 saturated heterocycles. The number of aromatic nitrogens is 1. The predicted molar refractivity (Wildman–Crippen MR) is 106 cm³/mol. The number of benzene rings is 1. The molecule has 0 spiro atoms. The number of likely N-dealkylation sites (N-methyl/N-ethyl adjacent to an activating group) is 1. The second-order valence-electron chi connectivity index (χ2n) is 7.06. The van der Waals surface area contributed by atoms with E-state index >= 15 is 0 Å². The zero-order valence-corrected chi connectivity index (χ0v) is 16.2. The molecule has 2 aromatic rings. The maximum Gasteiger partial charge on any atom is 0.341 e. The summed E-state index contributed by atoms with van der Waals surface area (Å²) in [6.07, 6.45) is 3.30. The van der Waals surface area contributed by atoms with Crippen molar-refractivity contribution in [2.75, 3.05) is 44.7 Å². The number of nitrogens with zero attached hydrogens (tertiary/aromatic N) is 3. The highest BCUT2D eigenvalue weighted by Crippen LogP contribution is 2.38. The maximum atomic E-state index is 14.8. The second-order valence-corrected chi connectivity index (χ2v) is 7.06. The number of aromatic carboxylic acids is 1. The average Bonchev–Trinajstić information content (AvgIpc) is 3.55. The van der Waals surface area contributed by atoms with Crippen molar-refractivity contribution in [3.63, 3.8) is 0 Å². The molecule has 2 aliphatic rings. The van der Waals surface area contributed by atoms with E-state index < -0.39 is 17.2 Å². The zero-order valence-electron chi connectivity index (χ0n) is 16.2. The van der Waals surface area contributed by atoms with Crippen molar-refractivity contribution in [2.24, 2.45) is 0 Å². The van der Waals surface area contributed by atoms with E-state index in [-0.39, 0.29) is 17.0 Å². The fourth-order valence-electron chi connectivity index (χ4n) is 3.71. The van der Waals surface area contributed by atoms with E-state index in [1.54, 1.807) is 6.07 Å². The van der Waals surface area contributed by atoms with Crippen molar-refractivity contribution in [1.82, 2.24) is 9.47 Å². The number of aliphatic hydroxyl groups is 1. The van der Waals surface area contributed by atoms with Crippen LogP contribution in [0.5, 0.6) is 0 Å². The van der Waals surface area contributed by atoms with Gasteiger partial charge in [0.1, 0.15) is 11.4 Å². The molecule has 1 aliphatic heterocycles. The van der Waals surface area contributed by atoms with Crippen molar-refractivity contribution in [1.29, 1.82) is 0 Å². The van der Waals surface area contributed by atoms with E-state index in [4.69, 9.17) is 5.11 Å². The summed E-state index contributed by atoms with van der Waals surface area (Å²) in [4.78, 5) is 28.2. The number of carbonyl (C=O) groups is 1. The zero-order chi connectivity index (χ0) is 20.4. The topological polar surface area (TPSA) is 86.0 Å². The normalized spacial score (nSPS) is 17.4. The number of hydrogen-bond acceptors (Lipinski definition) is 5. The molecule has 8 heteroatoms. The molecule has 1 aromatic heterocycles. The number of hydrogen-bond donors (Lipinski definition) is 2. The lowest BCUT2D eigenvalue weighted by molar-refractivity contribution is 0.0695. The molecule has 0 atom stereocenters. The molecule has 1 aromatic carbocycles. The third kappa shape index (κ3) is 3.74. The highest BCUT2D eigenvalue weighted by Gasteiger charge is 2.28. The van der Waals surface area contributed by atoms with Crippen molar-refractivity contribution in [2.45, 2.75) is 25.8 Å². The lowest BCUT2D eigenvalue weighted by atomic mass is 10.1. The first-order chi connectivity index (χ1) is 13.5. The Kier molecular flexibility index (Phi) is 6.00. The first kappa shape index (κ1) is 20.3. The third-order valence-electron chi connectivity index (χ3n) is 5.43. The Morgan fingerprint density at radius 1 is 1.18 bits per heavy atom. The van der Waals surface area contributed by atoms with Gasteiger partial charge in [-0.15, -0.1) is 0 Å². The van der Waals surface area contributed by atoms with Crippen LogP contribution in [0.15, 0.2) is 23.1 Å². The van der Waals surface area contributed by atoms with Gasteiger partial charge in [0.2, 0.25) is 5.43 Å². The van der Waals surface area contributed by atoms with Gasteiger partial charge in [-0.1, -0.05) is 6.92 Å². The molecule has 0 bridgehead atoms. The van der Waals surface area contributed by atoms with Gasteiger partial charge in [-0.25, -0.2) is 9.18 Å². The van der Waals surface area contributed by atoms with Crippen LogP contribution in [-0.2, 0) is 0 Å². The van der Waals surface area contributed by atoms with E-state index in [2.05, 4.69) is 11.8 Å². The summed E-state index contributed by atoms with van der Waals surface area (Å²) in [5.74, 6) is -1.74. The molecule has 0 amide bonds. The molecule has 2 heterocycles. The molecular formula is C20H26FN3O4. The number of aliphatic hydroxyl groups excluding tert-OH is 1. The number of halogens is 1. The number of anilines is 1. The smallest absolute Gasteiger partial charge is 0.341 e. The van der Waals surface area contributed by atoms with E-state index in [0.29, 0.717) is 11.2 Å². The van der Waals surface area contributed by atoms with Gasteiger partial charge in [0.25, 0.3) is 0 Å². The Hall–Kier alpha value is -2.45. The van der Waals surface area contributed by atoms with Crippen LogP contribution >= 0.6 is 0 Å². The van der Waals surface area contributed by atoms with Gasteiger partial charge < -0.3 is 24.6 Å². The van der Waals surface area contributed by atoms with Gasteiger partial charge in [0, 0.05) is 50.9 Å². The van der Waals surface area contributed by atoms with Crippen LogP contribution in [0.4, 0.5) is 10.1 Å². The van der Waals surface area contributed by atoms with Crippen LogP contribution in [0, 0.1) is 5.82 Å². The molecule has 0 unspecified atom stereocenters. The number of fused-ring (bicyclic) bond motifs is 1. The predicted octanol–water partition coefficient (Wildman–Crippen LogP) is 1.92. The minimum atomic E-state index is -1.27. The van der Waals surface area contributed by atoms with Gasteiger partial charge in [0.15, 0.2) is 0 Å². The van der Waals surface area contributed by atoms with Gasteiger partial charge in [-0.2, -0.15) is 0 Å². The van der Waals surface area contributed by atoms with Gasteiger partial charge in [-0.05, 0) is 31.5 Å². The summed E-state index contributed by atoms with van der Waals surface area (Å²) in [5.41, 5.74) is 0.195. The first-order valence-electron chi connectivity index (χ1n) is 9.53. The number of carboxylic acid groups (broad SMARTS) is 1. The summed E-state index contributed by atoms with van der Waals surface area (Å²) in [7, 11) is 1.00. The van der Waals surface area contributed by atoms with Crippen LogP contribution in [-0.4, -0.2) is 65.5 Å². The summed E-state index contributed by atoms with van der Waals surface area (Å²) in [6.45, 7) is 6.31. The van der Waals surface area contributed by atoms with E-state index in [9.17, 15) is 19.1 Å². The van der Waals surface area contributed by atoms with Crippen LogP contribution in [0.1, 0.15) is 36.2 Å². The van der Waals surface area contributed by atoms with Crippen LogP contribution in [0.2, 0.25) is 0 Å². The lowest BCUT2D eigenvalue weighted by Crippen LogP contribution is -2.46. The summed E-state index contributed by atoms with van der Waals surface area (Å²) < 4.78 is 16.6. The maximum absolute atomic E-state index is 14.8. The number of pyridine rings is 1. The molecule has 28 heavy (non-hydrogen) atoms. The Morgan fingerprint density at radius 2 is 1.82 bits per heavy atom. The molecule has 2 N–H and O–H groups in total. The molecule has 4 rings (SSSR count). The fourth-order valence-corrected chi connectivity index (χ4v) is 3.71. The first-order valence-corrected chi connectivity index (χ1v) is 9.53. The minimum absolute atomic E-state index is 0.144. The SMILES string of the molecule is CCN1CCN(c2cc3c(cc2F)c(=O)c(C(=O)O)cn3C2CC2)CC1.CO. The van der Waals surface area contributed by atoms with Gasteiger partial charge in [-0.3, -0.25) is 4.79 Å². The molecule has 0 radical (unpaired) electrons. The summed E-state index contributed by atoms with van der Waals surface area (Å²) >= 11 is 0. The van der Waals surface area contributed by atoms with Crippen molar-refractivity contribution >= 4 is 22.6 Å². The van der Waals surface area contributed by atoms with Crippen molar-refractivity contribution in [3.05, 3.63) is 39.9 Å². The molecule has 2 fully saturated rings. The number of piperazine rings is 1. The molecule has 7 nitrogen and oxygen atoms in total. The average molecular weight is 391 g/mol. The molecular weight excluding hydrogens is 365 g/mol. The van der Waals surface area contributed by atoms with Crippen LogP contribution in [0.3, 0.4) is 0 Å².